The molecule has 1 aromatic rings. The molecule has 1 aliphatic heterocycles. The van der Waals surface area contributed by atoms with Crippen molar-refractivity contribution >= 4 is 11.3 Å². The molecular formula is C14H24N2S. The first-order valence-electron chi connectivity index (χ1n) is 6.45. The van der Waals surface area contributed by atoms with Crippen LogP contribution in [0, 0.1) is 12.3 Å². The Hall–Kier alpha value is -0.380. The summed E-state index contributed by atoms with van der Waals surface area (Å²) < 4.78 is 0. The maximum Gasteiger partial charge on any atom is 0.0591 e. The lowest BCUT2D eigenvalue weighted by molar-refractivity contribution is 0.200. The number of thiophene rings is 1. The lowest BCUT2D eigenvalue weighted by atomic mass is 9.93. The number of likely N-dealkylation sites (tertiary alicyclic amines) is 1. The fourth-order valence-corrected chi connectivity index (χ4v) is 3.90. The summed E-state index contributed by atoms with van der Waals surface area (Å²) in [5.74, 6) is 0. The molecule has 3 heteroatoms. The zero-order chi connectivity index (χ0) is 12.6. The van der Waals surface area contributed by atoms with Gasteiger partial charge in [-0.2, -0.15) is 0 Å². The highest BCUT2D eigenvalue weighted by molar-refractivity contribution is 7.12. The van der Waals surface area contributed by atoms with E-state index in [2.05, 4.69) is 44.7 Å². The SMILES string of the molecule is Cc1ccc(C(C(C)N)N2CCC(C)(C)C2)s1. The monoisotopic (exact) mass is 252 g/mol. The van der Waals surface area contributed by atoms with Crippen LogP contribution >= 0.6 is 11.3 Å². The minimum atomic E-state index is 0.196. The van der Waals surface area contributed by atoms with Gasteiger partial charge >= 0.3 is 0 Å². The van der Waals surface area contributed by atoms with Gasteiger partial charge < -0.3 is 5.73 Å². The minimum absolute atomic E-state index is 0.196. The van der Waals surface area contributed by atoms with Gasteiger partial charge in [0.2, 0.25) is 0 Å². The van der Waals surface area contributed by atoms with Gasteiger partial charge in [-0.05, 0) is 44.4 Å². The third kappa shape index (κ3) is 2.90. The van der Waals surface area contributed by atoms with E-state index in [0.29, 0.717) is 11.5 Å². The molecule has 0 bridgehead atoms. The molecule has 1 fully saturated rings. The van der Waals surface area contributed by atoms with Crippen molar-refractivity contribution in [1.29, 1.82) is 0 Å². The van der Waals surface area contributed by atoms with Crippen LogP contribution in [-0.4, -0.2) is 24.0 Å². The molecule has 17 heavy (non-hydrogen) atoms. The summed E-state index contributed by atoms with van der Waals surface area (Å²) in [6.07, 6.45) is 1.28. The van der Waals surface area contributed by atoms with E-state index in [9.17, 15) is 0 Å². The lowest BCUT2D eigenvalue weighted by Gasteiger charge is -2.31. The normalized spacial score (nSPS) is 23.8. The molecule has 1 aliphatic rings. The average Bonchev–Trinajstić information content (AvgIpc) is 2.73. The predicted molar refractivity (Wildman–Crippen MR) is 75.4 cm³/mol. The molecular weight excluding hydrogens is 228 g/mol. The van der Waals surface area contributed by atoms with Crippen LogP contribution in [0.4, 0.5) is 0 Å². The van der Waals surface area contributed by atoms with E-state index in [4.69, 9.17) is 5.73 Å². The molecule has 96 valence electrons. The maximum absolute atomic E-state index is 6.21. The van der Waals surface area contributed by atoms with E-state index in [1.807, 2.05) is 11.3 Å². The molecule has 2 N–H and O–H groups in total. The van der Waals surface area contributed by atoms with Crippen molar-refractivity contribution in [2.45, 2.75) is 46.2 Å². The van der Waals surface area contributed by atoms with Gasteiger partial charge in [0, 0.05) is 22.3 Å². The number of nitrogens with zero attached hydrogens (tertiary/aromatic N) is 1. The molecule has 0 aromatic carbocycles. The predicted octanol–water partition coefficient (Wildman–Crippen LogP) is 3.18. The van der Waals surface area contributed by atoms with Crippen LogP contribution in [0.2, 0.25) is 0 Å². The van der Waals surface area contributed by atoms with Crippen molar-refractivity contribution in [3.05, 3.63) is 21.9 Å². The van der Waals surface area contributed by atoms with E-state index in [1.54, 1.807) is 0 Å². The molecule has 1 saturated heterocycles. The Labute approximate surface area is 109 Å². The Morgan fingerprint density at radius 2 is 2.12 bits per heavy atom. The summed E-state index contributed by atoms with van der Waals surface area (Å²) in [7, 11) is 0. The van der Waals surface area contributed by atoms with Crippen LogP contribution in [0.25, 0.3) is 0 Å². The van der Waals surface area contributed by atoms with Gasteiger partial charge in [0.15, 0.2) is 0 Å². The molecule has 0 amide bonds. The Morgan fingerprint density at radius 3 is 2.53 bits per heavy atom. The van der Waals surface area contributed by atoms with Gasteiger partial charge in [-0.25, -0.2) is 0 Å². The molecule has 2 unspecified atom stereocenters. The van der Waals surface area contributed by atoms with Crippen LogP contribution in [0.1, 0.15) is 43.0 Å². The smallest absolute Gasteiger partial charge is 0.0591 e. The minimum Gasteiger partial charge on any atom is -0.326 e. The second-order valence-electron chi connectivity index (χ2n) is 6.14. The second kappa shape index (κ2) is 4.71. The van der Waals surface area contributed by atoms with Crippen molar-refractivity contribution in [2.75, 3.05) is 13.1 Å². The molecule has 2 rings (SSSR count). The average molecular weight is 252 g/mol. The van der Waals surface area contributed by atoms with Gasteiger partial charge in [0.1, 0.15) is 0 Å². The first-order valence-corrected chi connectivity index (χ1v) is 7.27. The Morgan fingerprint density at radius 1 is 1.41 bits per heavy atom. The first kappa shape index (κ1) is 13.1. The van der Waals surface area contributed by atoms with Crippen LogP contribution in [0.15, 0.2) is 12.1 Å². The van der Waals surface area contributed by atoms with Gasteiger partial charge in [-0.15, -0.1) is 11.3 Å². The molecule has 2 atom stereocenters. The van der Waals surface area contributed by atoms with E-state index in [0.717, 1.165) is 6.54 Å². The lowest BCUT2D eigenvalue weighted by Crippen LogP contribution is -2.38. The van der Waals surface area contributed by atoms with Gasteiger partial charge in [-0.3, -0.25) is 4.90 Å². The molecule has 0 spiro atoms. The zero-order valence-electron chi connectivity index (χ0n) is 11.4. The first-order chi connectivity index (χ1) is 7.89. The van der Waals surface area contributed by atoms with Crippen LogP contribution in [0.5, 0.6) is 0 Å². The quantitative estimate of drug-likeness (QED) is 0.895. The second-order valence-corrected chi connectivity index (χ2v) is 7.46. The van der Waals surface area contributed by atoms with Crippen molar-refractivity contribution in [3.63, 3.8) is 0 Å². The number of hydrogen-bond acceptors (Lipinski definition) is 3. The highest BCUT2D eigenvalue weighted by Gasteiger charge is 2.35. The molecule has 0 saturated carbocycles. The Balaban J connectivity index is 2.19. The zero-order valence-corrected chi connectivity index (χ0v) is 12.2. The largest absolute Gasteiger partial charge is 0.326 e. The summed E-state index contributed by atoms with van der Waals surface area (Å²) in [4.78, 5) is 5.37. The van der Waals surface area contributed by atoms with Crippen LogP contribution in [-0.2, 0) is 0 Å². The summed E-state index contributed by atoms with van der Waals surface area (Å²) in [5, 5.41) is 0. The van der Waals surface area contributed by atoms with Crippen LogP contribution in [0.3, 0.4) is 0 Å². The summed E-state index contributed by atoms with van der Waals surface area (Å²) >= 11 is 1.89. The maximum atomic E-state index is 6.21. The Bertz CT molecular complexity index is 381. The fraction of sp³-hybridized carbons (Fsp3) is 0.714. The third-order valence-electron chi connectivity index (χ3n) is 3.65. The van der Waals surface area contributed by atoms with Crippen molar-refractivity contribution in [1.82, 2.24) is 4.90 Å². The van der Waals surface area contributed by atoms with Crippen LogP contribution < -0.4 is 5.73 Å². The highest BCUT2D eigenvalue weighted by Crippen LogP contribution is 2.37. The van der Waals surface area contributed by atoms with Crippen molar-refractivity contribution in [2.24, 2.45) is 11.1 Å². The molecule has 1 aromatic heterocycles. The van der Waals surface area contributed by atoms with E-state index in [1.165, 1.54) is 22.7 Å². The number of nitrogens with two attached hydrogens (primary N) is 1. The number of rotatable bonds is 3. The molecule has 2 nitrogen and oxygen atoms in total. The molecule has 0 radical (unpaired) electrons. The van der Waals surface area contributed by atoms with Gasteiger partial charge in [-0.1, -0.05) is 13.8 Å². The Kier molecular flexibility index (Phi) is 3.62. The van der Waals surface area contributed by atoms with Gasteiger partial charge in [0.25, 0.3) is 0 Å². The summed E-state index contributed by atoms with van der Waals surface area (Å²) in [6, 6.07) is 5.05. The third-order valence-corrected chi connectivity index (χ3v) is 4.72. The van der Waals surface area contributed by atoms with E-state index < -0.39 is 0 Å². The van der Waals surface area contributed by atoms with E-state index in [-0.39, 0.29) is 6.04 Å². The molecule has 2 heterocycles. The van der Waals surface area contributed by atoms with Gasteiger partial charge in [0.05, 0.1) is 6.04 Å². The number of aryl methyl sites for hydroxylation is 1. The number of hydrogen-bond donors (Lipinski definition) is 1. The highest BCUT2D eigenvalue weighted by atomic mass is 32.1. The molecule has 0 aliphatic carbocycles. The van der Waals surface area contributed by atoms with Crippen molar-refractivity contribution in [3.8, 4) is 0 Å². The summed E-state index contributed by atoms with van der Waals surface area (Å²) in [6.45, 7) is 11.3. The standard InChI is InChI=1S/C14H24N2S/c1-10-5-6-12(17-10)13(11(2)15)16-8-7-14(3,4)9-16/h5-6,11,13H,7-9,15H2,1-4H3. The van der Waals surface area contributed by atoms with Crippen molar-refractivity contribution < 1.29 is 0 Å². The topological polar surface area (TPSA) is 29.3 Å². The van der Waals surface area contributed by atoms with E-state index >= 15 is 0 Å². The fourth-order valence-electron chi connectivity index (χ4n) is 2.78. The summed E-state index contributed by atoms with van der Waals surface area (Å²) in [5.41, 5.74) is 6.66.